The lowest BCUT2D eigenvalue weighted by molar-refractivity contribution is -0.138. The van der Waals surface area contributed by atoms with Gasteiger partial charge in [0, 0.05) is 17.5 Å². The predicted molar refractivity (Wildman–Crippen MR) is 64.2 cm³/mol. The van der Waals surface area contributed by atoms with Crippen molar-refractivity contribution in [2.24, 2.45) is 5.73 Å². The number of nitrogens with one attached hydrogen (secondary N) is 1. The first-order chi connectivity index (χ1) is 8.11. The van der Waals surface area contributed by atoms with E-state index in [0.717, 1.165) is 22.3 Å². The van der Waals surface area contributed by atoms with Crippen LogP contribution in [-0.4, -0.2) is 29.2 Å². The van der Waals surface area contributed by atoms with Crippen LogP contribution in [0.2, 0.25) is 0 Å². The first kappa shape index (κ1) is 11.5. The summed E-state index contributed by atoms with van der Waals surface area (Å²) in [6, 6.07) is 6.66. The lowest BCUT2D eigenvalue weighted by Crippen LogP contribution is -2.32. The summed E-state index contributed by atoms with van der Waals surface area (Å²) in [7, 11) is 1.60. The summed E-state index contributed by atoms with van der Waals surface area (Å²) in [5.74, 6) is -0.270. The molecule has 5 nitrogen and oxygen atoms in total. The number of para-hydroxylation sites is 1. The van der Waals surface area contributed by atoms with Crippen molar-refractivity contribution in [3.05, 3.63) is 30.0 Å². The fourth-order valence-electron chi connectivity index (χ4n) is 1.79. The Bertz CT molecular complexity index is 548. The van der Waals surface area contributed by atoms with Gasteiger partial charge in [0.15, 0.2) is 0 Å². The summed E-state index contributed by atoms with van der Waals surface area (Å²) >= 11 is 0. The van der Waals surface area contributed by atoms with Gasteiger partial charge in [0.05, 0.1) is 12.6 Å². The molecule has 1 unspecified atom stereocenters. The molecule has 1 atom stereocenters. The van der Waals surface area contributed by atoms with Crippen molar-refractivity contribution in [1.29, 1.82) is 0 Å². The van der Waals surface area contributed by atoms with Gasteiger partial charge in [0.2, 0.25) is 0 Å². The molecule has 0 saturated carbocycles. The highest BCUT2D eigenvalue weighted by molar-refractivity contribution is 5.86. The molecule has 90 valence electrons. The van der Waals surface area contributed by atoms with E-state index in [-0.39, 0.29) is 6.42 Å². The molecule has 0 spiro atoms. The Morgan fingerprint density at radius 3 is 3.00 bits per heavy atom. The Morgan fingerprint density at radius 2 is 2.35 bits per heavy atom. The average molecular weight is 234 g/mol. The van der Waals surface area contributed by atoms with Gasteiger partial charge in [0.1, 0.15) is 11.8 Å². The Kier molecular flexibility index (Phi) is 3.01. The third-order valence-corrected chi connectivity index (χ3v) is 2.65. The molecule has 0 radical (unpaired) electrons. The molecule has 17 heavy (non-hydrogen) atoms. The summed E-state index contributed by atoms with van der Waals surface area (Å²) in [6.45, 7) is 0. The van der Waals surface area contributed by atoms with Crippen LogP contribution < -0.4 is 10.5 Å². The molecular formula is C12H14N2O3. The number of nitrogens with two attached hydrogens (primary N) is 1. The Balaban J connectivity index is 2.34. The zero-order chi connectivity index (χ0) is 12.4. The molecule has 0 aliphatic carbocycles. The summed E-state index contributed by atoms with van der Waals surface area (Å²) in [5, 5.41) is 9.74. The second-order valence-electron chi connectivity index (χ2n) is 3.87. The van der Waals surface area contributed by atoms with Gasteiger partial charge in [-0.1, -0.05) is 12.1 Å². The maximum Gasteiger partial charge on any atom is 0.320 e. The van der Waals surface area contributed by atoms with Gasteiger partial charge in [-0.3, -0.25) is 4.79 Å². The molecule has 1 aromatic heterocycles. The van der Waals surface area contributed by atoms with Gasteiger partial charge in [-0.2, -0.15) is 0 Å². The number of aromatic nitrogens is 1. The number of carbonyl (C=O) groups is 1. The van der Waals surface area contributed by atoms with Crippen LogP contribution in [0.4, 0.5) is 0 Å². The highest BCUT2D eigenvalue weighted by Gasteiger charge is 2.14. The number of fused-ring (bicyclic) bond motifs is 1. The summed E-state index contributed by atoms with van der Waals surface area (Å²) in [5.41, 5.74) is 7.14. The van der Waals surface area contributed by atoms with E-state index in [1.54, 1.807) is 7.11 Å². The van der Waals surface area contributed by atoms with E-state index >= 15 is 0 Å². The SMILES string of the molecule is COc1cccc2cc(CC(N)C(=O)O)[nH]c12. The van der Waals surface area contributed by atoms with Gasteiger partial charge >= 0.3 is 5.97 Å². The van der Waals surface area contributed by atoms with Crippen LogP contribution in [0.25, 0.3) is 10.9 Å². The van der Waals surface area contributed by atoms with Crippen LogP contribution in [0.5, 0.6) is 5.75 Å². The zero-order valence-electron chi connectivity index (χ0n) is 9.43. The van der Waals surface area contributed by atoms with Crippen LogP contribution in [0.1, 0.15) is 5.69 Å². The van der Waals surface area contributed by atoms with Crippen molar-refractivity contribution in [3.8, 4) is 5.75 Å². The maximum absolute atomic E-state index is 10.7. The molecule has 0 amide bonds. The number of carboxylic acid groups (broad SMARTS) is 1. The van der Waals surface area contributed by atoms with Crippen LogP contribution in [0.15, 0.2) is 24.3 Å². The molecule has 0 bridgehead atoms. The Labute approximate surface area is 98.2 Å². The number of hydrogen-bond donors (Lipinski definition) is 3. The second-order valence-corrected chi connectivity index (χ2v) is 3.87. The highest BCUT2D eigenvalue weighted by atomic mass is 16.5. The number of hydrogen-bond acceptors (Lipinski definition) is 3. The van der Waals surface area contributed by atoms with E-state index in [4.69, 9.17) is 15.6 Å². The molecule has 0 aliphatic heterocycles. The third-order valence-electron chi connectivity index (χ3n) is 2.65. The van der Waals surface area contributed by atoms with Crippen molar-refractivity contribution in [2.75, 3.05) is 7.11 Å². The predicted octanol–water partition coefficient (Wildman–Crippen LogP) is 1.13. The smallest absolute Gasteiger partial charge is 0.320 e. The molecule has 1 heterocycles. The van der Waals surface area contributed by atoms with Crippen LogP contribution in [0, 0.1) is 0 Å². The minimum absolute atomic E-state index is 0.271. The average Bonchev–Trinajstić information content (AvgIpc) is 2.70. The summed E-state index contributed by atoms with van der Waals surface area (Å²) in [6.07, 6.45) is 0.271. The van der Waals surface area contributed by atoms with E-state index in [0.29, 0.717) is 0 Å². The fourth-order valence-corrected chi connectivity index (χ4v) is 1.79. The van der Waals surface area contributed by atoms with Gasteiger partial charge in [0.25, 0.3) is 0 Å². The van der Waals surface area contributed by atoms with Gasteiger partial charge in [-0.05, 0) is 12.1 Å². The fraction of sp³-hybridized carbons (Fsp3) is 0.250. The van der Waals surface area contributed by atoms with E-state index in [1.807, 2.05) is 24.3 Å². The summed E-state index contributed by atoms with van der Waals surface area (Å²) in [4.78, 5) is 13.8. The topological polar surface area (TPSA) is 88.3 Å². The molecule has 2 rings (SSSR count). The number of aliphatic carboxylic acids is 1. The van der Waals surface area contributed by atoms with Crippen LogP contribution in [-0.2, 0) is 11.2 Å². The van der Waals surface area contributed by atoms with E-state index < -0.39 is 12.0 Å². The van der Waals surface area contributed by atoms with E-state index in [2.05, 4.69) is 4.98 Å². The zero-order valence-corrected chi connectivity index (χ0v) is 9.43. The minimum atomic E-state index is -1.00. The number of benzene rings is 1. The number of aromatic amines is 1. The quantitative estimate of drug-likeness (QED) is 0.740. The van der Waals surface area contributed by atoms with Crippen molar-refractivity contribution in [1.82, 2.24) is 4.98 Å². The molecule has 0 fully saturated rings. The van der Waals surface area contributed by atoms with Gasteiger partial charge in [-0.15, -0.1) is 0 Å². The number of rotatable bonds is 4. The standard InChI is InChI=1S/C12H14N2O3/c1-17-10-4-2-3-7-5-8(14-11(7)10)6-9(13)12(15)16/h2-5,9,14H,6,13H2,1H3,(H,15,16). The molecule has 2 aromatic rings. The van der Waals surface area contributed by atoms with Gasteiger partial charge < -0.3 is 20.6 Å². The van der Waals surface area contributed by atoms with Crippen LogP contribution >= 0.6 is 0 Å². The third kappa shape index (κ3) is 2.24. The van der Waals surface area contributed by atoms with Crippen molar-refractivity contribution in [2.45, 2.75) is 12.5 Å². The monoisotopic (exact) mass is 234 g/mol. The normalized spacial score (nSPS) is 12.6. The largest absolute Gasteiger partial charge is 0.495 e. The molecule has 0 saturated heterocycles. The number of H-pyrrole nitrogens is 1. The Morgan fingerprint density at radius 1 is 1.59 bits per heavy atom. The van der Waals surface area contributed by atoms with Crippen molar-refractivity contribution in [3.63, 3.8) is 0 Å². The molecule has 1 aromatic carbocycles. The maximum atomic E-state index is 10.7. The lowest BCUT2D eigenvalue weighted by atomic mass is 10.1. The molecule has 5 heteroatoms. The molecule has 4 N–H and O–H groups in total. The van der Waals surface area contributed by atoms with Crippen molar-refractivity contribution < 1.29 is 14.6 Å². The van der Waals surface area contributed by atoms with E-state index in [9.17, 15) is 4.79 Å². The minimum Gasteiger partial charge on any atom is -0.495 e. The van der Waals surface area contributed by atoms with Gasteiger partial charge in [-0.25, -0.2) is 0 Å². The number of methoxy groups -OCH3 is 1. The second kappa shape index (κ2) is 4.47. The molecular weight excluding hydrogens is 220 g/mol. The molecule has 0 aliphatic rings. The first-order valence-corrected chi connectivity index (χ1v) is 5.25. The lowest BCUT2D eigenvalue weighted by Gasteiger charge is -2.03. The Hall–Kier alpha value is -2.01. The highest BCUT2D eigenvalue weighted by Crippen LogP contribution is 2.25. The first-order valence-electron chi connectivity index (χ1n) is 5.25. The summed E-state index contributed by atoms with van der Waals surface area (Å²) < 4.78 is 5.21. The van der Waals surface area contributed by atoms with Crippen molar-refractivity contribution >= 4 is 16.9 Å². The van der Waals surface area contributed by atoms with E-state index in [1.165, 1.54) is 0 Å². The van der Waals surface area contributed by atoms with Crippen LogP contribution in [0.3, 0.4) is 0 Å². The number of carboxylic acids is 1. The number of ether oxygens (including phenoxy) is 1.